The lowest BCUT2D eigenvalue weighted by atomic mass is 10.0. The largest absolute Gasteiger partial charge is 0.463 e. The third kappa shape index (κ3) is 1.82. The molecular weight excluding hydrogens is 200 g/mol. The van der Waals surface area contributed by atoms with Crippen molar-refractivity contribution in [2.75, 3.05) is 0 Å². The van der Waals surface area contributed by atoms with Crippen LogP contribution < -0.4 is 5.73 Å². The lowest BCUT2D eigenvalue weighted by molar-refractivity contribution is 0.552. The van der Waals surface area contributed by atoms with Crippen molar-refractivity contribution in [2.24, 2.45) is 5.73 Å². The number of hydrogen-bond donors (Lipinski definition) is 1. The van der Waals surface area contributed by atoms with Gasteiger partial charge in [-0.05, 0) is 17.7 Å². The third-order valence-electron chi connectivity index (χ3n) is 2.23. The van der Waals surface area contributed by atoms with E-state index in [1.165, 1.54) is 6.26 Å². The van der Waals surface area contributed by atoms with Crippen LogP contribution in [0.1, 0.15) is 11.3 Å². The van der Waals surface area contributed by atoms with E-state index < -0.39 is 0 Å². The standard InChI is InChI=1S/C13H10N2O/c14-9-11(10-5-2-1-3-6-10)13(15)12-7-4-8-16-12/h1-8H,15H2/b13-11-. The zero-order valence-corrected chi connectivity index (χ0v) is 8.55. The summed E-state index contributed by atoms with van der Waals surface area (Å²) in [6.45, 7) is 0. The van der Waals surface area contributed by atoms with Gasteiger partial charge in [-0.1, -0.05) is 30.3 Å². The van der Waals surface area contributed by atoms with Gasteiger partial charge < -0.3 is 10.2 Å². The zero-order chi connectivity index (χ0) is 11.4. The first-order valence-electron chi connectivity index (χ1n) is 4.82. The van der Waals surface area contributed by atoms with E-state index in [0.29, 0.717) is 17.0 Å². The third-order valence-corrected chi connectivity index (χ3v) is 2.23. The van der Waals surface area contributed by atoms with Gasteiger partial charge in [0.1, 0.15) is 6.07 Å². The van der Waals surface area contributed by atoms with Gasteiger partial charge in [0.15, 0.2) is 5.76 Å². The molecule has 2 N–H and O–H groups in total. The monoisotopic (exact) mass is 210 g/mol. The minimum absolute atomic E-state index is 0.360. The average molecular weight is 210 g/mol. The van der Waals surface area contributed by atoms with Crippen molar-refractivity contribution in [3.63, 3.8) is 0 Å². The Labute approximate surface area is 93.4 Å². The quantitative estimate of drug-likeness (QED) is 0.775. The number of hydrogen-bond acceptors (Lipinski definition) is 3. The molecule has 1 aromatic carbocycles. The van der Waals surface area contributed by atoms with E-state index in [1.807, 2.05) is 30.3 Å². The number of allylic oxidation sites excluding steroid dienone is 1. The van der Waals surface area contributed by atoms with Crippen LogP contribution in [0.5, 0.6) is 0 Å². The molecule has 3 heteroatoms. The molecule has 2 aromatic rings. The number of benzene rings is 1. The number of nitriles is 1. The van der Waals surface area contributed by atoms with E-state index in [-0.39, 0.29) is 0 Å². The molecule has 78 valence electrons. The van der Waals surface area contributed by atoms with Gasteiger partial charge >= 0.3 is 0 Å². The SMILES string of the molecule is N#C/C(=C(/N)c1ccco1)c1ccccc1. The fourth-order valence-corrected chi connectivity index (χ4v) is 1.44. The minimum Gasteiger partial charge on any atom is -0.463 e. The summed E-state index contributed by atoms with van der Waals surface area (Å²) in [6.07, 6.45) is 1.53. The Kier molecular flexibility index (Phi) is 2.75. The minimum atomic E-state index is 0.360. The van der Waals surface area contributed by atoms with Crippen LogP contribution in [-0.4, -0.2) is 0 Å². The second-order valence-corrected chi connectivity index (χ2v) is 3.24. The molecule has 0 saturated heterocycles. The number of furan rings is 1. The Morgan fingerprint density at radius 3 is 2.44 bits per heavy atom. The van der Waals surface area contributed by atoms with Crippen LogP contribution in [0.15, 0.2) is 53.1 Å². The Balaban J connectivity index is 2.52. The van der Waals surface area contributed by atoms with E-state index in [9.17, 15) is 0 Å². The summed E-state index contributed by atoms with van der Waals surface area (Å²) in [5.74, 6) is 0.514. The molecule has 0 atom stereocenters. The molecule has 16 heavy (non-hydrogen) atoms. The van der Waals surface area contributed by atoms with Crippen LogP contribution in [-0.2, 0) is 0 Å². The summed E-state index contributed by atoms with van der Waals surface area (Å²) in [4.78, 5) is 0. The molecule has 0 fully saturated rings. The molecule has 0 spiro atoms. The predicted molar refractivity (Wildman–Crippen MR) is 61.8 cm³/mol. The van der Waals surface area contributed by atoms with Crippen LogP contribution in [0.3, 0.4) is 0 Å². The zero-order valence-electron chi connectivity index (χ0n) is 8.55. The van der Waals surface area contributed by atoms with Crippen LogP contribution >= 0.6 is 0 Å². The van der Waals surface area contributed by atoms with Gasteiger partial charge in [0.05, 0.1) is 17.5 Å². The fraction of sp³-hybridized carbons (Fsp3) is 0. The topological polar surface area (TPSA) is 63.0 Å². The first kappa shape index (κ1) is 10.1. The highest BCUT2D eigenvalue weighted by atomic mass is 16.3. The Morgan fingerprint density at radius 2 is 1.88 bits per heavy atom. The van der Waals surface area contributed by atoms with Crippen molar-refractivity contribution in [3.05, 3.63) is 60.1 Å². The summed E-state index contributed by atoms with van der Waals surface area (Å²) in [5.41, 5.74) is 7.47. The highest BCUT2D eigenvalue weighted by molar-refractivity contribution is 5.94. The van der Waals surface area contributed by atoms with Gasteiger partial charge in [-0.3, -0.25) is 0 Å². The van der Waals surface area contributed by atoms with Crippen LogP contribution in [0.2, 0.25) is 0 Å². The summed E-state index contributed by atoms with van der Waals surface area (Å²) in [6, 6.07) is 14.9. The van der Waals surface area contributed by atoms with E-state index in [4.69, 9.17) is 15.4 Å². The van der Waals surface area contributed by atoms with Gasteiger partial charge in [0.25, 0.3) is 0 Å². The Bertz CT molecular complexity index is 533. The van der Waals surface area contributed by atoms with E-state index in [1.54, 1.807) is 12.1 Å². The lowest BCUT2D eigenvalue weighted by Crippen LogP contribution is -1.99. The highest BCUT2D eigenvalue weighted by Gasteiger charge is 2.09. The molecule has 0 radical (unpaired) electrons. The van der Waals surface area contributed by atoms with Crippen molar-refractivity contribution in [3.8, 4) is 6.07 Å². The Hall–Kier alpha value is -2.47. The second kappa shape index (κ2) is 4.37. The van der Waals surface area contributed by atoms with Crippen molar-refractivity contribution in [1.82, 2.24) is 0 Å². The molecule has 0 aliphatic heterocycles. The summed E-state index contributed by atoms with van der Waals surface area (Å²) >= 11 is 0. The van der Waals surface area contributed by atoms with Crippen LogP contribution in [0, 0.1) is 11.3 Å². The first-order chi connectivity index (χ1) is 7.83. The summed E-state index contributed by atoms with van der Waals surface area (Å²) in [5, 5.41) is 9.12. The van der Waals surface area contributed by atoms with E-state index >= 15 is 0 Å². The van der Waals surface area contributed by atoms with E-state index in [2.05, 4.69) is 6.07 Å². The molecule has 0 saturated carbocycles. The van der Waals surface area contributed by atoms with Gasteiger partial charge in [-0.25, -0.2) is 0 Å². The normalized spacial score (nSPS) is 11.7. The maximum atomic E-state index is 9.12. The van der Waals surface area contributed by atoms with Crippen LogP contribution in [0.25, 0.3) is 11.3 Å². The summed E-state index contributed by atoms with van der Waals surface area (Å²) < 4.78 is 5.17. The lowest BCUT2D eigenvalue weighted by Gasteiger charge is -2.02. The van der Waals surface area contributed by atoms with Crippen molar-refractivity contribution in [1.29, 1.82) is 5.26 Å². The average Bonchev–Trinajstić information content (AvgIpc) is 2.85. The van der Waals surface area contributed by atoms with Gasteiger partial charge in [-0.2, -0.15) is 5.26 Å². The molecule has 0 aliphatic rings. The Morgan fingerprint density at radius 1 is 1.12 bits per heavy atom. The van der Waals surface area contributed by atoms with Gasteiger partial charge in [0.2, 0.25) is 0 Å². The fourth-order valence-electron chi connectivity index (χ4n) is 1.44. The number of nitrogens with two attached hydrogens (primary N) is 1. The van der Waals surface area contributed by atoms with Crippen molar-refractivity contribution >= 4 is 11.3 Å². The van der Waals surface area contributed by atoms with Gasteiger partial charge in [-0.15, -0.1) is 0 Å². The molecule has 0 unspecified atom stereocenters. The second-order valence-electron chi connectivity index (χ2n) is 3.24. The molecule has 0 aliphatic carbocycles. The molecule has 1 heterocycles. The van der Waals surface area contributed by atoms with E-state index in [0.717, 1.165) is 5.56 Å². The van der Waals surface area contributed by atoms with Crippen molar-refractivity contribution < 1.29 is 4.42 Å². The molecule has 2 rings (SSSR count). The number of rotatable bonds is 2. The first-order valence-corrected chi connectivity index (χ1v) is 4.82. The molecule has 0 amide bonds. The molecule has 3 nitrogen and oxygen atoms in total. The maximum absolute atomic E-state index is 9.12. The molecular formula is C13H10N2O. The maximum Gasteiger partial charge on any atom is 0.150 e. The van der Waals surface area contributed by atoms with Crippen LogP contribution in [0.4, 0.5) is 0 Å². The smallest absolute Gasteiger partial charge is 0.150 e. The summed E-state index contributed by atoms with van der Waals surface area (Å²) in [7, 11) is 0. The predicted octanol–water partition coefficient (Wildman–Crippen LogP) is 2.63. The van der Waals surface area contributed by atoms with Gasteiger partial charge in [0, 0.05) is 0 Å². The molecule has 1 aromatic heterocycles. The highest BCUT2D eigenvalue weighted by Crippen LogP contribution is 2.21. The number of nitrogens with zero attached hydrogens (tertiary/aromatic N) is 1. The van der Waals surface area contributed by atoms with Crippen molar-refractivity contribution in [2.45, 2.75) is 0 Å². The molecule has 0 bridgehead atoms.